The summed E-state index contributed by atoms with van der Waals surface area (Å²) in [5.74, 6) is 0. The summed E-state index contributed by atoms with van der Waals surface area (Å²) in [5.41, 5.74) is 0. The van der Waals surface area contributed by atoms with E-state index in [2.05, 4.69) is 39.5 Å². The molecule has 0 bridgehead atoms. The predicted octanol–water partition coefficient (Wildman–Crippen LogP) is 3.33. The van der Waals surface area contributed by atoms with Crippen molar-refractivity contribution in [2.45, 2.75) is 25.4 Å². The molecule has 0 fully saturated rings. The lowest BCUT2D eigenvalue weighted by molar-refractivity contribution is 0.425. The van der Waals surface area contributed by atoms with Gasteiger partial charge in [0.05, 0.1) is 11.6 Å². The van der Waals surface area contributed by atoms with E-state index in [0.29, 0.717) is 6.04 Å². The minimum atomic E-state index is 0.622. The van der Waals surface area contributed by atoms with Crippen LogP contribution < -0.4 is 10.1 Å². The quantitative estimate of drug-likeness (QED) is 0.858. The number of halogens is 1. The van der Waals surface area contributed by atoms with Crippen molar-refractivity contribution in [3.8, 4) is 5.06 Å². The molecule has 1 aliphatic rings. The van der Waals surface area contributed by atoms with E-state index in [1.54, 1.807) is 18.4 Å². The van der Waals surface area contributed by atoms with Crippen LogP contribution in [0.15, 0.2) is 22.7 Å². The molecule has 1 heterocycles. The highest BCUT2D eigenvalue weighted by atomic mass is 79.9. The van der Waals surface area contributed by atoms with Gasteiger partial charge in [-0.15, -0.1) is 11.3 Å². The molecule has 1 aromatic heterocycles. The first-order chi connectivity index (χ1) is 7.29. The molecule has 0 amide bonds. The Morgan fingerprint density at radius 2 is 2.27 bits per heavy atom. The van der Waals surface area contributed by atoms with E-state index in [9.17, 15) is 0 Å². The number of methoxy groups -OCH3 is 1. The van der Waals surface area contributed by atoms with Crippen LogP contribution in [0.3, 0.4) is 0 Å². The van der Waals surface area contributed by atoms with Gasteiger partial charge in [-0.3, -0.25) is 0 Å². The molecular weight excluding hydrogens is 274 g/mol. The fraction of sp³-hybridized carbons (Fsp3) is 0.455. The molecule has 1 aliphatic carbocycles. The molecule has 82 valence electrons. The minimum Gasteiger partial charge on any atom is -0.486 e. The Hall–Kier alpha value is -0.320. The van der Waals surface area contributed by atoms with E-state index in [1.807, 2.05) is 0 Å². The minimum absolute atomic E-state index is 0.622. The molecule has 1 N–H and O–H groups in total. The zero-order valence-corrected chi connectivity index (χ0v) is 11.0. The summed E-state index contributed by atoms with van der Waals surface area (Å²) in [6, 6.07) is 2.75. The van der Waals surface area contributed by atoms with Gasteiger partial charge in [0.25, 0.3) is 0 Å². The first kappa shape index (κ1) is 11.2. The van der Waals surface area contributed by atoms with Crippen LogP contribution >= 0.6 is 27.3 Å². The Bertz CT molecular complexity index is 353. The molecular formula is C11H14BrNOS. The second kappa shape index (κ2) is 5.14. The highest BCUT2D eigenvalue weighted by Crippen LogP contribution is 2.34. The maximum atomic E-state index is 5.23. The number of rotatable bonds is 4. The second-order valence-electron chi connectivity index (χ2n) is 3.57. The summed E-state index contributed by atoms with van der Waals surface area (Å²) in [4.78, 5) is 1.31. The normalized spacial score (nSPS) is 16.1. The van der Waals surface area contributed by atoms with E-state index in [-0.39, 0.29) is 0 Å². The maximum Gasteiger partial charge on any atom is 0.188 e. The zero-order chi connectivity index (χ0) is 10.7. The standard InChI is InChI=1S/C11H14BrNOS/c1-14-11-10(12)6-9(15-11)7-13-8-4-2-3-5-8/h2-3,6,8,13H,4-5,7H2,1H3. The molecule has 0 aliphatic heterocycles. The molecule has 15 heavy (non-hydrogen) atoms. The Balaban J connectivity index is 1.87. The van der Waals surface area contributed by atoms with Gasteiger partial charge in [0.2, 0.25) is 0 Å². The fourth-order valence-corrected chi connectivity index (χ4v) is 3.30. The number of thiophene rings is 1. The van der Waals surface area contributed by atoms with E-state index >= 15 is 0 Å². The lowest BCUT2D eigenvalue weighted by atomic mass is 10.2. The molecule has 0 unspecified atom stereocenters. The van der Waals surface area contributed by atoms with Gasteiger partial charge in [-0.05, 0) is 34.8 Å². The average molecular weight is 288 g/mol. The third kappa shape index (κ3) is 2.83. The topological polar surface area (TPSA) is 21.3 Å². The van der Waals surface area contributed by atoms with E-state index < -0.39 is 0 Å². The fourth-order valence-electron chi connectivity index (χ4n) is 1.65. The largest absolute Gasteiger partial charge is 0.486 e. The molecule has 0 spiro atoms. The van der Waals surface area contributed by atoms with Crippen LogP contribution in [-0.2, 0) is 6.54 Å². The number of nitrogens with one attached hydrogen (secondary N) is 1. The van der Waals surface area contributed by atoms with Gasteiger partial charge in [-0.1, -0.05) is 12.2 Å². The summed E-state index contributed by atoms with van der Waals surface area (Å²) >= 11 is 5.17. The summed E-state index contributed by atoms with van der Waals surface area (Å²) in [6.45, 7) is 0.930. The van der Waals surface area contributed by atoms with Crippen molar-refractivity contribution in [3.05, 3.63) is 27.6 Å². The molecule has 0 saturated heterocycles. The zero-order valence-electron chi connectivity index (χ0n) is 8.63. The van der Waals surface area contributed by atoms with Crippen LogP contribution in [0, 0.1) is 0 Å². The number of hydrogen-bond acceptors (Lipinski definition) is 3. The van der Waals surface area contributed by atoms with E-state index in [4.69, 9.17) is 4.74 Å². The molecule has 2 nitrogen and oxygen atoms in total. The van der Waals surface area contributed by atoms with Gasteiger partial charge in [0.15, 0.2) is 5.06 Å². The van der Waals surface area contributed by atoms with Crippen LogP contribution in [0.1, 0.15) is 17.7 Å². The van der Waals surface area contributed by atoms with Gasteiger partial charge in [0, 0.05) is 17.5 Å². The summed E-state index contributed by atoms with van der Waals surface area (Å²) < 4.78 is 6.28. The van der Waals surface area contributed by atoms with Crippen LogP contribution in [0.2, 0.25) is 0 Å². The van der Waals surface area contributed by atoms with E-state index in [0.717, 1.165) is 28.9 Å². The summed E-state index contributed by atoms with van der Waals surface area (Å²) in [7, 11) is 1.70. The third-order valence-corrected chi connectivity index (χ3v) is 4.41. The molecule has 2 rings (SSSR count). The average Bonchev–Trinajstić information content (AvgIpc) is 2.83. The monoisotopic (exact) mass is 287 g/mol. The van der Waals surface area contributed by atoms with Crippen LogP contribution in [0.25, 0.3) is 0 Å². The summed E-state index contributed by atoms with van der Waals surface area (Å²) in [5, 5.41) is 4.49. The van der Waals surface area contributed by atoms with E-state index in [1.165, 1.54) is 4.88 Å². The number of hydrogen-bond donors (Lipinski definition) is 1. The predicted molar refractivity (Wildman–Crippen MR) is 67.6 cm³/mol. The Kier molecular flexibility index (Phi) is 3.83. The van der Waals surface area contributed by atoms with Crippen molar-refractivity contribution in [1.82, 2.24) is 5.32 Å². The van der Waals surface area contributed by atoms with Crippen molar-refractivity contribution in [3.63, 3.8) is 0 Å². The van der Waals surface area contributed by atoms with Gasteiger partial charge >= 0.3 is 0 Å². The number of ether oxygens (including phenoxy) is 1. The summed E-state index contributed by atoms with van der Waals surface area (Å²) in [6.07, 6.45) is 6.79. The van der Waals surface area contributed by atoms with Crippen molar-refractivity contribution in [2.75, 3.05) is 7.11 Å². The van der Waals surface area contributed by atoms with Crippen molar-refractivity contribution in [2.24, 2.45) is 0 Å². The third-order valence-electron chi connectivity index (χ3n) is 2.46. The van der Waals surface area contributed by atoms with Crippen LogP contribution in [-0.4, -0.2) is 13.2 Å². The second-order valence-corrected chi connectivity index (χ2v) is 5.53. The first-order valence-corrected chi connectivity index (χ1v) is 6.61. The molecule has 0 radical (unpaired) electrons. The van der Waals surface area contributed by atoms with Gasteiger partial charge < -0.3 is 10.1 Å². The molecule has 4 heteroatoms. The Morgan fingerprint density at radius 1 is 1.53 bits per heavy atom. The highest BCUT2D eigenvalue weighted by molar-refractivity contribution is 9.10. The van der Waals surface area contributed by atoms with Crippen molar-refractivity contribution in [1.29, 1.82) is 0 Å². The lowest BCUT2D eigenvalue weighted by Gasteiger charge is -2.09. The van der Waals surface area contributed by atoms with Crippen molar-refractivity contribution < 1.29 is 4.74 Å². The van der Waals surface area contributed by atoms with Gasteiger partial charge in [0.1, 0.15) is 0 Å². The molecule has 0 saturated carbocycles. The van der Waals surface area contributed by atoms with Crippen molar-refractivity contribution >= 4 is 27.3 Å². The smallest absolute Gasteiger partial charge is 0.188 e. The SMILES string of the molecule is COc1sc(CNC2CC=CC2)cc1Br. The first-order valence-electron chi connectivity index (χ1n) is 5.00. The molecule has 0 atom stereocenters. The highest BCUT2D eigenvalue weighted by Gasteiger charge is 2.11. The van der Waals surface area contributed by atoms with Crippen LogP contribution in [0.5, 0.6) is 5.06 Å². The Morgan fingerprint density at radius 3 is 2.87 bits per heavy atom. The van der Waals surface area contributed by atoms with Crippen LogP contribution in [0.4, 0.5) is 0 Å². The van der Waals surface area contributed by atoms with Gasteiger partial charge in [-0.2, -0.15) is 0 Å². The molecule has 1 aromatic rings. The Labute approximate surface area is 102 Å². The van der Waals surface area contributed by atoms with Gasteiger partial charge in [-0.25, -0.2) is 0 Å². The maximum absolute atomic E-state index is 5.23. The lowest BCUT2D eigenvalue weighted by Crippen LogP contribution is -2.25. The molecule has 0 aromatic carbocycles.